The number of amides is 1. The second-order valence-corrected chi connectivity index (χ2v) is 8.56. The molecule has 0 aliphatic carbocycles. The molecule has 4 rings (SSSR count). The summed E-state index contributed by atoms with van der Waals surface area (Å²) in [5.41, 5.74) is 4.41. The first kappa shape index (κ1) is 26.6. The van der Waals surface area contributed by atoms with Gasteiger partial charge in [0.2, 0.25) is 0 Å². The third-order valence-corrected chi connectivity index (χ3v) is 5.71. The standard InChI is InChI=1S/C28H24F3N3O4/c29-28(30,31)38-21-13-10-18(11-14-21)17-32-27(37)20-12-15-22-24(16-20)33-23(8-4-5-9-25(35)36)26(34-22)19-6-2-1-3-7-19/h1-3,6-7,10-16H,4-5,8-9,17H2,(H,32,37)(H,35,36). The van der Waals surface area contributed by atoms with Crippen LogP contribution in [0.25, 0.3) is 22.3 Å². The van der Waals surface area contributed by atoms with Crippen LogP contribution in [0.3, 0.4) is 0 Å². The monoisotopic (exact) mass is 523 g/mol. The summed E-state index contributed by atoms with van der Waals surface area (Å²) in [7, 11) is 0. The summed E-state index contributed by atoms with van der Waals surface area (Å²) in [6.07, 6.45) is -3.03. The zero-order valence-electron chi connectivity index (χ0n) is 20.2. The van der Waals surface area contributed by atoms with Gasteiger partial charge in [0, 0.05) is 24.1 Å². The maximum absolute atomic E-state index is 12.8. The Balaban J connectivity index is 1.51. The molecule has 2 N–H and O–H groups in total. The molecule has 3 aromatic carbocycles. The molecule has 4 aromatic rings. The van der Waals surface area contributed by atoms with Gasteiger partial charge in [0.05, 0.1) is 22.4 Å². The average Bonchev–Trinajstić information content (AvgIpc) is 2.89. The fraction of sp³-hybridized carbons (Fsp3) is 0.214. The van der Waals surface area contributed by atoms with Gasteiger partial charge in [0.25, 0.3) is 5.91 Å². The van der Waals surface area contributed by atoms with Crippen molar-refractivity contribution in [3.8, 4) is 17.0 Å². The van der Waals surface area contributed by atoms with E-state index in [1.165, 1.54) is 24.3 Å². The van der Waals surface area contributed by atoms with Gasteiger partial charge in [-0.2, -0.15) is 0 Å². The van der Waals surface area contributed by atoms with E-state index >= 15 is 0 Å². The van der Waals surface area contributed by atoms with Crippen LogP contribution in [0, 0.1) is 0 Å². The van der Waals surface area contributed by atoms with Gasteiger partial charge in [-0.05, 0) is 55.2 Å². The summed E-state index contributed by atoms with van der Waals surface area (Å²) in [5, 5.41) is 11.7. The lowest BCUT2D eigenvalue weighted by atomic mass is 10.0. The van der Waals surface area contributed by atoms with Crippen molar-refractivity contribution in [2.45, 2.75) is 38.6 Å². The Morgan fingerprint density at radius 2 is 1.63 bits per heavy atom. The second kappa shape index (κ2) is 11.7. The molecule has 0 spiro atoms. The Kier molecular flexibility index (Phi) is 8.20. The van der Waals surface area contributed by atoms with Crippen molar-refractivity contribution in [2.75, 3.05) is 0 Å². The summed E-state index contributed by atoms with van der Waals surface area (Å²) < 4.78 is 40.8. The summed E-state index contributed by atoms with van der Waals surface area (Å²) in [6, 6.07) is 19.8. The molecule has 7 nitrogen and oxygen atoms in total. The molecule has 0 fully saturated rings. The van der Waals surface area contributed by atoms with Crippen LogP contribution in [-0.2, 0) is 17.8 Å². The zero-order valence-corrected chi connectivity index (χ0v) is 20.2. The molecule has 0 aliphatic rings. The third-order valence-electron chi connectivity index (χ3n) is 5.71. The normalized spacial score (nSPS) is 11.3. The Labute approximate surface area is 216 Å². The van der Waals surface area contributed by atoms with Crippen molar-refractivity contribution in [1.82, 2.24) is 15.3 Å². The number of carboxylic acid groups (broad SMARTS) is 1. The highest BCUT2D eigenvalue weighted by Gasteiger charge is 2.30. The van der Waals surface area contributed by atoms with Gasteiger partial charge in [0.15, 0.2) is 0 Å². The van der Waals surface area contributed by atoms with Crippen LogP contribution in [-0.4, -0.2) is 33.3 Å². The number of alkyl halides is 3. The molecular weight excluding hydrogens is 499 g/mol. The number of nitrogens with zero attached hydrogens (tertiary/aromatic N) is 2. The summed E-state index contributed by atoms with van der Waals surface area (Å²) in [5.74, 6) is -1.56. The summed E-state index contributed by atoms with van der Waals surface area (Å²) in [4.78, 5) is 33.2. The molecule has 1 aromatic heterocycles. The molecular formula is C28H24F3N3O4. The van der Waals surface area contributed by atoms with Crippen molar-refractivity contribution in [3.05, 3.63) is 89.6 Å². The highest BCUT2D eigenvalue weighted by molar-refractivity contribution is 5.97. The molecule has 1 amide bonds. The number of nitrogens with one attached hydrogen (secondary N) is 1. The number of rotatable bonds is 10. The fourth-order valence-electron chi connectivity index (χ4n) is 3.90. The Hall–Kier alpha value is -4.47. The Bertz CT molecular complexity index is 1430. The molecule has 0 aliphatic heterocycles. The largest absolute Gasteiger partial charge is 0.573 e. The number of aliphatic carboxylic acids is 1. The van der Waals surface area contributed by atoms with Crippen LogP contribution < -0.4 is 10.1 Å². The smallest absolute Gasteiger partial charge is 0.481 e. The Morgan fingerprint density at radius 1 is 0.895 bits per heavy atom. The van der Waals surface area contributed by atoms with Gasteiger partial charge < -0.3 is 15.2 Å². The lowest BCUT2D eigenvalue weighted by molar-refractivity contribution is -0.274. The van der Waals surface area contributed by atoms with E-state index in [4.69, 9.17) is 15.1 Å². The van der Waals surface area contributed by atoms with Crippen molar-refractivity contribution in [3.63, 3.8) is 0 Å². The number of benzene rings is 3. The highest BCUT2D eigenvalue weighted by Crippen LogP contribution is 2.26. The van der Waals surface area contributed by atoms with Gasteiger partial charge in [0.1, 0.15) is 5.75 Å². The zero-order chi connectivity index (χ0) is 27.1. The number of aromatic nitrogens is 2. The first-order valence-corrected chi connectivity index (χ1v) is 11.9. The number of carbonyl (C=O) groups is 2. The fourth-order valence-corrected chi connectivity index (χ4v) is 3.90. The minimum Gasteiger partial charge on any atom is -0.481 e. The molecule has 0 saturated carbocycles. The Morgan fingerprint density at radius 3 is 2.32 bits per heavy atom. The van der Waals surface area contributed by atoms with Crippen LogP contribution in [0.5, 0.6) is 5.75 Å². The molecule has 0 unspecified atom stereocenters. The number of aryl methyl sites for hydroxylation is 1. The molecule has 38 heavy (non-hydrogen) atoms. The number of halogens is 3. The first-order chi connectivity index (χ1) is 18.2. The van der Waals surface area contributed by atoms with E-state index in [2.05, 4.69) is 10.1 Å². The quantitative estimate of drug-likeness (QED) is 0.250. The van der Waals surface area contributed by atoms with Crippen molar-refractivity contribution >= 4 is 22.9 Å². The first-order valence-electron chi connectivity index (χ1n) is 11.9. The summed E-state index contributed by atoms with van der Waals surface area (Å²) >= 11 is 0. The number of hydrogen-bond acceptors (Lipinski definition) is 5. The number of carbonyl (C=O) groups excluding carboxylic acids is 1. The topological polar surface area (TPSA) is 101 Å². The van der Waals surface area contributed by atoms with Crippen LogP contribution >= 0.6 is 0 Å². The SMILES string of the molecule is O=C(O)CCCCc1nc2cc(C(=O)NCc3ccc(OC(F)(F)F)cc3)ccc2nc1-c1ccccc1. The van der Waals surface area contributed by atoms with Crippen molar-refractivity contribution in [1.29, 1.82) is 0 Å². The predicted octanol–water partition coefficient (Wildman–Crippen LogP) is 5.92. The second-order valence-electron chi connectivity index (χ2n) is 8.56. The third kappa shape index (κ3) is 7.28. The van der Waals surface area contributed by atoms with Gasteiger partial charge >= 0.3 is 12.3 Å². The van der Waals surface area contributed by atoms with E-state index in [-0.39, 0.29) is 24.6 Å². The van der Waals surface area contributed by atoms with E-state index in [1.54, 1.807) is 18.2 Å². The van der Waals surface area contributed by atoms with E-state index in [0.29, 0.717) is 52.8 Å². The van der Waals surface area contributed by atoms with Crippen LogP contribution in [0.15, 0.2) is 72.8 Å². The highest BCUT2D eigenvalue weighted by atomic mass is 19.4. The minimum absolute atomic E-state index is 0.0735. The van der Waals surface area contributed by atoms with E-state index in [0.717, 1.165) is 5.56 Å². The number of hydrogen-bond donors (Lipinski definition) is 2. The number of carboxylic acids is 1. The average molecular weight is 524 g/mol. The van der Waals surface area contributed by atoms with Gasteiger partial charge in [-0.25, -0.2) is 9.97 Å². The molecule has 0 atom stereocenters. The molecule has 0 bridgehead atoms. The number of unbranched alkanes of at least 4 members (excludes halogenated alkanes) is 1. The van der Waals surface area contributed by atoms with E-state index < -0.39 is 12.3 Å². The summed E-state index contributed by atoms with van der Waals surface area (Å²) in [6.45, 7) is 0.108. The van der Waals surface area contributed by atoms with E-state index in [1.807, 2.05) is 30.3 Å². The van der Waals surface area contributed by atoms with Crippen LogP contribution in [0.2, 0.25) is 0 Å². The molecule has 0 saturated heterocycles. The molecule has 196 valence electrons. The van der Waals surface area contributed by atoms with Crippen LogP contribution in [0.4, 0.5) is 13.2 Å². The maximum atomic E-state index is 12.8. The van der Waals surface area contributed by atoms with Gasteiger partial charge in [-0.15, -0.1) is 13.2 Å². The minimum atomic E-state index is -4.77. The number of ether oxygens (including phenoxy) is 1. The van der Waals surface area contributed by atoms with Gasteiger partial charge in [-0.3, -0.25) is 9.59 Å². The molecule has 0 radical (unpaired) electrons. The van der Waals surface area contributed by atoms with Gasteiger partial charge in [-0.1, -0.05) is 42.5 Å². The number of fused-ring (bicyclic) bond motifs is 1. The van der Waals surface area contributed by atoms with Crippen molar-refractivity contribution < 1.29 is 32.6 Å². The van der Waals surface area contributed by atoms with Crippen molar-refractivity contribution in [2.24, 2.45) is 0 Å². The molecule has 10 heteroatoms. The predicted molar refractivity (Wildman–Crippen MR) is 134 cm³/mol. The lowest BCUT2D eigenvalue weighted by Gasteiger charge is -2.12. The lowest BCUT2D eigenvalue weighted by Crippen LogP contribution is -2.22. The van der Waals surface area contributed by atoms with E-state index in [9.17, 15) is 22.8 Å². The maximum Gasteiger partial charge on any atom is 0.573 e. The molecule has 1 heterocycles. The van der Waals surface area contributed by atoms with Crippen LogP contribution in [0.1, 0.15) is 40.9 Å².